The van der Waals surface area contributed by atoms with Crippen LogP contribution in [0.3, 0.4) is 0 Å². The van der Waals surface area contributed by atoms with Gasteiger partial charge in [0, 0.05) is 31.7 Å². The minimum absolute atomic E-state index is 0.0259. The first-order valence-corrected chi connectivity index (χ1v) is 11.4. The van der Waals surface area contributed by atoms with Crippen LogP contribution in [0.4, 0.5) is 19.1 Å². The number of nitrogens with zero attached hydrogens (tertiary/aromatic N) is 5. The molecule has 1 unspecified atom stereocenters. The monoisotopic (exact) mass is 512 g/mol. The number of rotatable bonds is 5. The minimum atomic E-state index is -5.08. The van der Waals surface area contributed by atoms with E-state index in [4.69, 9.17) is 14.9 Å². The number of carboxylic acid groups (broad SMARTS) is 1. The molecule has 0 radical (unpaired) electrons. The third-order valence-electron chi connectivity index (χ3n) is 5.69. The number of pyridine rings is 1. The number of nitrogens with one attached hydrogen (secondary N) is 1. The molecular formula is C25H23F3N6O3. The summed E-state index contributed by atoms with van der Waals surface area (Å²) in [6.07, 6.45) is 2.36. The first-order valence-electron chi connectivity index (χ1n) is 11.4. The molecule has 9 nitrogen and oxygen atoms in total. The van der Waals surface area contributed by atoms with Gasteiger partial charge in [0.25, 0.3) is 5.91 Å². The SMILES string of the molecule is O=C(NCc1ccccc1)c1nc(C2CCCN2c2ncccn2)n2ccccc12.O=C(O)C(F)(F)F. The van der Waals surface area contributed by atoms with E-state index in [1.807, 2.05) is 65.2 Å². The Morgan fingerprint density at radius 1 is 1.03 bits per heavy atom. The summed E-state index contributed by atoms with van der Waals surface area (Å²) < 4.78 is 33.8. The number of carbonyl (C=O) groups excluding carboxylic acids is 1. The van der Waals surface area contributed by atoms with E-state index >= 15 is 0 Å². The van der Waals surface area contributed by atoms with E-state index in [0.717, 1.165) is 36.3 Å². The van der Waals surface area contributed by atoms with Gasteiger partial charge in [-0.2, -0.15) is 13.2 Å². The van der Waals surface area contributed by atoms with Gasteiger partial charge < -0.3 is 19.7 Å². The molecule has 5 rings (SSSR count). The maximum absolute atomic E-state index is 13.0. The second-order valence-electron chi connectivity index (χ2n) is 8.15. The predicted octanol–water partition coefficient (Wildman–Crippen LogP) is 4.03. The first kappa shape index (κ1) is 25.6. The van der Waals surface area contributed by atoms with E-state index in [-0.39, 0.29) is 11.9 Å². The van der Waals surface area contributed by atoms with Gasteiger partial charge in [-0.15, -0.1) is 0 Å². The molecule has 1 aromatic carbocycles. The summed E-state index contributed by atoms with van der Waals surface area (Å²) in [5.74, 6) is -1.38. The summed E-state index contributed by atoms with van der Waals surface area (Å²) in [5, 5.41) is 10.1. The fourth-order valence-corrected chi connectivity index (χ4v) is 4.04. The van der Waals surface area contributed by atoms with Crippen LogP contribution in [-0.4, -0.2) is 49.1 Å². The topological polar surface area (TPSA) is 113 Å². The molecule has 0 spiro atoms. The number of alkyl halides is 3. The average Bonchev–Trinajstić information content (AvgIpc) is 3.53. The summed E-state index contributed by atoms with van der Waals surface area (Å²) in [4.78, 5) is 37.7. The van der Waals surface area contributed by atoms with Crippen molar-refractivity contribution in [3.8, 4) is 0 Å². The summed E-state index contributed by atoms with van der Waals surface area (Å²) in [6.45, 7) is 1.33. The highest BCUT2D eigenvalue weighted by Gasteiger charge is 2.38. The minimum Gasteiger partial charge on any atom is -0.475 e. The van der Waals surface area contributed by atoms with E-state index in [1.165, 1.54) is 0 Å². The lowest BCUT2D eigenvalue weighted by molar-refractivity contribution is -0.192. The smallest absolute Gasteiger partial charge is 0.475 e. The molecule has 12 heteroatoms. The van der Waals surface area contributed by atoms with Crippen molar-refractivity contribution in [2.75, 3.05) is 11.4 Å². The molecule has 192 valence electrons. The number of hydrogen-bond donors (Lipinski definition) is 2. The molecule has 2 N–H and O–H groups in total. The first-order chi connectivity index (χ1) is 17.8. The van der Waals surface area contributed by atoms with Crippen LogP contribution < -0.4 is 10.2 Å². The van der Waals surface area contributed by atoms with E-state index in [0.29, 0.717) is 18.2 Å². The van der Waals surface area contributed by atoms with E-state index < -0.39 is 12.1 Å². The summed E-state index contributed by atoms with van der Waals surface area (Å²) in [5.41, 5.74) is 2.30. The van der Waals surface area contributed by atoms with Crippen LogP contribution in [-0.2, 0) is 11.3 Å². The zero-order chi connectivity index (χ0) is 26.4. The third-order valence-corrected chi connectivity index (χ3v) is 5.69. The number of carbonyl (C=O) groups is 2. The fourth-order valence-electron chi connectivity index (χ4n) is 4.04. The molecule has 1 fully saturated rings. The van der Waals surface area contributed by atoms with Crippen LogP contribution in [0.5, 0.6) is 0 Å². The van der Waals surface area contributed by atoms with Gasteiger partial charge in [0.15, 0.2) is 5.69 Å². The second-order valence-corrected chi connectivity index (χ2v) is 8.15. The van der Waals surface area contributed by atoms with Gasteiger partial charge in [0.2, 0.25) is 5.95 Å². The number of benzene rings is 1. The number of halogens is 3. The van der Waals surface area contributed by atoms with E-state index in [1.54, 1.807) is 12.4 Å². The fraction of sp³-hybridized carbons (Fsp3) is 0.240. The number of imidazole rings is 1. The normalized spacial score (nSPS) is 15.2. The number of carboxylic acids is 1. The highest BCUT2D eigenvalue weighted by molar-refractivity contribution is 5.99. The van der Waals surface area contributed by atoms with Gasteiger partial charge in [-0.25, -0.2) is 19.7 Å². The van der Waals surface area contributed by atoms with Crippen molar-refractivity contribution in [2.24, 2.45) is 0 Å². The standard InChI is InChI=1S/C23H22N6O.C2HF3O2/c30-22(26-16-17-8-2-1-3-9-17)20-18-10-4-5-14-28(18)21(27-20)19-11-6-15-29(19)23-24-12-7-13-25-23;3-2(4,5)1(6)7/h1-5,7-10,12-14,19H,6,11,15-16H2,(H,26,30);(H,6,7). The number of hydrogen-bond acceptors (Lipinski definition) is 6. The molecule has 37 heavy (non-hydrogen) atoms. The maximum Gasteiger partial charge on any atom is 0.490 e. The Morgan fingerprint density at radius 2 is 1.70 bits per heavy atom. The van der Waals surface area contributed by atoms with Gasteiger partial charge in [-0.1, -0.05) is 36.4 Å². The van der Waals surface area contributed by atoms with Crippen LogP contribution in [0.25, 0.3) is 5.52 Å². The molecule has 0 bridgehead atoms. The molecule has 1 amide bonds. The Kier molecular flexibility index (Phi) is 7.66. The molecule has 3 aromatic heterocycles. The molecule has 1 aliphatic heterocycles. The Morgan fingerprint density at radius 3 is 2.38 bits per heavy atom. The third kappa shape index (κ3) is 6.02. The van der Waals surface area contributed by atoms with Gasteiger partial charge in [-0.3, -0.25) is 4.79 Å². The van der Waals surface area contributed by atoms with Gasteiger partial charge in [0.05, 0.1) is 11.6 Å². The number of aromatic nitrogens is 4. The van der Waals surface area contributed by atoms with Crippen LogP contribution in [0, 0.1) is 0 Å². The van der Waals surface area contributed by atoms with Crippen molar-refractivity contribution in [1.29, 1.82) is 0 Å². The van der Waals surface area contributed by atoms with E-state index in [2.05, 4.69) is 20.2 Å². The maximum atomic E-state index is 13.0. The molecule has 1 atom stereocenters. The summed E-state index contributed by atoms with van der Waals surface area (Å²) in [6, 6.07) is 17.5. The quantitative estimate of drug-likeness (QED) is 0.415. The molecule has 4 heterocycles. The summed E-state index contributed by atoms with van der Waals surface area (Å²) in [7, 11) is 0. The number of aliphatic carboxylic acids is 1. The highest BCUT2D eigenvalue weighted by atomic mass is 19.4. The zero-order valence-electron chi connectivity index (χ0n) is 19.5. The van der Waals surface area contributed by atoms with Crippen LogP contribution in [0.15, 0.2) is 73.2 Å². The molecule has 0 aliphatic carbocycles. The Bertz CT molecular complexity index is 1360. The van der Waals surface area contributed by atoms with Crippen molar-refractivity contribution in [2.45, 2.75) is 31.6 Å². The van der Waals surface area contributed by atoms with Crippen molar-refractivity contribution in [1.82, 2.24) is 24.7 Å². The van der Waals surface area contributed by atoms with Crippen LogP contribution in [0.1, 0.15) is 40.8 Å². The predicted molar refractivity (Wildman–Crippen MR) is 128 cm³/mol. The highest BCUT2D eigenvalue weighted by Crippen LogP contribution is 2.34. The lowest BCUT2D eigenvalue weighted by Gasteiger charge is -2.23. The van der Waals surface area contributed by atoms with Gasteiger partial charge in [-0.05, 0) is 36.6 Å². The number of anilines is 1. The Labute approximate surface area is 209 Å². The molecule has 1 aliphatic rings. The molecule has 1 saturated heterocycles. The largest absolute Gasteiger partial charge is 0.490 e. The molecular weight excluding hydrogens is 489 g/mol. The van der Waals surface area contributed by atoms with E-state index in [9.17, 15) is 18.0 Å². The number of fused-ring (bicyclic) bond motifs is 1. The zero-order valence-corrected chi connectivity index (χ0v) is 19.5. The lowest BCUT2D eigenvalue weighted by Crippen LogP contribution is -2.26. The summed E-state index contributed by atoms with van der Waals surface area (Å²) >= 11 is 0. The van der Waals surface area contributed by atoms with Gasteiger partial charge >= 0.3 is 12.1 Å². The van der Waals surface area contributed by atoms with Crippen LogP contribution in [0.2, 0.25) is 0 Å². The van der Waals surface area contributed by atoms with Gasteiger partial charge in [0.1, 0.15) is 5.82 Å². The Hall–Kier alpha value is -4.48. The van der Waals surface area contributed by atoms with Crippen molar-refractivity contribution in [3.05, 3.63) is 90.3 Å². The van der Waals surface area contributed by atoms with Crippen molar-refractivity contribution < 1.29 is 27.9 Å². The number of amides is 1. The second kappa shape index (κ2) is 11.1. The van der Waals surface area contributed by atoms with Crippen molar-refractivity contribution >= 4 is 23.3 Å². The Balaban J connectivity index is 0.000000405. The molecule has 0 saturated carbocycles. The van der Waals surface area contributed by atoms with Crippen LogP contribution >= 0.6 is 0 Å². The lowest BCUT2D eigenvalue weighted by atomic mass is 10.2. The van der Waals surface area contributed by atoms with Crippen molar-refractivity contribution in [3.63, 3.8) is 0 Å². The average molecular weight is 512 g/mol. The molecule has 4 aromatic rings.